The lowest BCUT2D eigenvalue weighted by Crippen LogP contribution is -2.40. The van der Waals surface area contributed by atoms with Gasteiger partial charge in [0.05, 0.1) is 0 Å². The second-order valence-corrected chi connectivity index (χ2v) is 5.64. The number of ether oxygens (including phenoxy) is 1. The van der Waals surface area contributed by atoms with Crippen LogP contribution in [0.4, 0.5) is 0 Å². The van der Waals surface area contributed by atoms with E-state index in [1.807, 2.05) is 20.8 Å². The molecule has 1 aliphatic heterocycles. The number of aliphatic hydroxyl groups is 1. The van der Waals surface area contributed by atoms with Gasteiger partial charge in [-0.1, -0.05) is 0 Å². The molecule has 0 spiro atoms. The second-order valence-electron chi connectivity index (χ2n) is 5.37. The third kappa shape index (κ3) is 7.58. The van der Waals surface area contributed by atoms with Gasteiger partial charge in [0.15, 0.2) is 0 Å². The van der Waals surface area contributed by atoms with Gasteiger partial charge >= 0.3 is 0 Å². The SMILES string of the molecule is CC(C)(C)OC=O.OCC1(CCl)CCNCC1. The minimum Gasteiger partial charge on any atom is -0.462 e. The van der Waals surface area contributed by atoms with Crippen LogP contribution in [0, 0.1) is 5.41 Å². The van der Waals surface area contributed by atoms with Gasteiger partial charge in [-0.05, 0) is 46.7 Å². The number of nitrogens with one attached hydrogen (secondary N) is 1. The Balaban J connectivity index is 0.000000325. The molecule has 0 unspecified atom stereocenters. The predicted molar refractivity (Wildman–Crippen MR) is 69.2 cm³/mol. The molecule has 1 fully saturated rings. The Kier molecular flexibility index (Phi) is 7.75. The number of rotatable bonds is 3. The highest BCUT2D eigenvalue weighted by Gasteiger charge is 2.29. The molecule has 0 radical (unpaired) electrons. The van der Waals surface area contributed by atoms with E-state index < -0.39 is 0 Å². The van der Waals surface area contributed by atoms with Crippen molar-refractivity contribution in [2.45, 2.75) is 39.2 Å². The lowest BCUT2D eigenvalue weighted by atomic mass is 9.82. The maximum atomic E-state index is 9.60. The Labute approximate surface area is 109 Å². The first-order valence-corrected chi connectivity index (χ1v) is 6.41. The van der Waals surface area contributed by atoms with Gasteiger partial charge in [-0.15, -0.1) is 11.6 Å². The molecule has 0 saturated carbocycles. The maximum absolute atomic E-state index is 9.60. The molecule has 5 heteroatoms. The normalized spacial score (nSPS) is 18.9. The van der Waals surface area contributed by atoms with Gasteiger partial charge < -0.3 is 15.2 Å². The van der Waals surface area contributed by atoms with E-state index in [1.54, 1.807) is 0 Å². The molecule has 0 amide bonds. The van der Waals surface area contributed by atoms with Gasteiger partial charge in [0.25, 0.3) is 6.47 Å². The van der Waals surface area contributed by atoms with Crippen LogP contribution in [0.15, 0.2) is 0 Å². The molecule has 0 bridgehead atoms. The number of alkyl halides is 1. The van der Waals surface area contributed by atoms with E-state index in [9.17, 15) is 4.79 Å². The summed E-state index contributed by atoms with van der Waals surface area (Å²) >= 11 is 5.75. The van der Waals surface area contributed by atoms with Gasteiger partial charge in [0, 0.05) is 17.9 Å². The molecule has 0 aromatic carbocycles. The van der Waals surface area contributed by atoms with Crippen LogP contribution in [0.25, 0.3) is 0 Å². The van der Waals surface area contributed by atoms with E-state index in [2.05, 4.69) is 10.1 Å². The molecule has 0 aliphatic carbocycles. The van der Waals surface area contributed by atoms with Crippen molar-refractivity contribution in [3.63, 3.8) is 0 Å². The molecule has 0 atom stereocenters. The summed E-state index contributed by atoms with van der Waals surface area (Å²) in [6.07, 6.45) is 2.01. The van der Waals surface area contributed by atoms with E-state index in [-0.39, 0.29) is 17.6 Å². The predicted octanol–water partition coefficient (Wildman–Crippen LogP) is 1.55. The summed E-state index contributed by atoms with van der Waals surface area (Å²) < 4.78 is 4.55. The minimum atomic E-state index is -0.318. The zero-order chi connectivity index (χ0) is 13.4. The fourth-order valence-corrected chi connectivity index (χ4v) is 1.79. The van der Waals surface area contributed by atoms with Crippen LogP contribution < -0.4 is 5.32 Å². The van der Waals surface area contributed by atoms with Gasteiger partial charge in [-0.25, -0.2) is 0 Å². The van der Waals surface area contributed by atoms with Crippen molar-refractivity contribution in [3.8, 4) is 0 Å². The molecule has 0 aromatic rings. The fraction of sp³-hybridized carbons (Fsp3) is 0.917. The lowest BCUT2D eigenvalue weighted by Gasteiger charge is -2.33. The third-order valence-corrected chi connectivity index (χ3v) is 3.25. The van der Waals surface area contributed by atoms with Crippen LogP contribution in [0.5, 0.6) is 0 Å². The van der Waals surface area contributed by atoms with Crippen molar-refractivity contribution in [2.75, 3.05) is 25.6 Å². The van der Waals surface area contributed by atoms with Crippen molar-refractivity contribution in [1.29, 1.82) is 0 Å². The van der Waals surface area contributed by atoms with Crippen molar-refractivity contribution in [1.82, 2.24) is 5.32 Å². The van der Waals surface area contributed by atoms with Crippen LogP contribution in [-0.4, -0.2) is 42.8 Å². The third-order valence-electron chi connectivity index (χ3n) is 2.68. The van der Waals surface area contributed by atoms with E-state index in [4.69, 9.17) is 16.7 Å². The second kappa shape index (κ2) is 7.90. The molecule has 1 saturated heterocycles. The summed E-state index contributed by atoms with van der Waals surface area (Å²) in [4.78, 5) is 9.60. The number of piperidine rings is 1. The Hall–Kier alpha value is -0.320. The molecule has 17 heavy (non-hydrogen) atoms. The van der Waals surface area contributed by atoms with Crippen molar-refractivity contribution in [3.05, 3.63) is 0 Å². The Morgan fingerprint density at radius 2 is 1.94 bits per heavy atom. The Morgan fingerprint density at radius 1 is 1.41 bits per heavy atom. The molecule has 1 heterocycles. The molecule has 102 valence electrons. The largest absolute Gasteiger partial charge is 0.462 e. The molecule has 1 aliphatic rings. The number of halogens is 1. The molecular weight excluding hydrogens is 242 g/mol. The fourth-order valence-electron chi connectivity index (χ4n) is 1.44. The summed E-state index contributed by atoms with van der Waals surface area (Å²) in [7, 11) is 0. The van der Waals surface area contributed by atoms with E-state index >= 15 is 0 Å². The van der Waals surface area contributed by atoms with Crippen LogP contribution >= 0.6 is 11.6 Å². The van der Waals surface area contributed by atoms with E-state index in [1.165, 1.54) is 0 Å². The number of hydrogen-bond donors (Lipinski definition) is 2. The van der Waals surface area contributed by atoms with Gasteiger partial charge in [0.2, 0.25) is 0 Å². The summed E-state index contributed by atoms with van der Waals surface area (Å²) in [5, 5.41) is 12.3. The molecule has 0 aromatic heterocycles. The molecular formula is C12H24ClNO3. The summed E-state index contributed by atoms with van der Waals surface area (Å²) in [6.45, 7) is 8.14. The van der Waals surface area contributed by atoms with Crippen LogP contribution in [0.1, 0.15) is 33.6 Å². The van der Waals surface area contributed by atoms with Gasteiger partial charge in [0.1, 0.15) is 5.60 Å². The van der Waals surface area contributed by atoms with Crippen LogP contribution in [-0.2, 0) is 9.53 Å². The Morgan fingerprint density at radius 3 is 2.12 bits per heavy atom. The lowest BCUT2D eigenvalue weighted by molar-refractivity contribution is -0.138. The van der Waals surface area contributed by atoms with E-state index in [0.717, 1.165) is 25.9 Å². The summed E-state index contributed by atoms with van der Waals surface area (Å²) in [5.74, 6) is 0.588. The number of aliphatic hydroxyl groups excluding tert-OH is 1. The van der Waals surface area contributed by atoms with Gasteiger partial charge in [-0.3, -0.25) is 4.79 Å². The zero-order valence-electron chi connectivity index (χ0n) is 11.0. The first-order valence-electron chi connectivity index (χ1n) is 5.88. The minimum absolute atomic E-state index is 0.0206. The quantitative estimate of drug-likeness (QED) is 0.600. The highest BCUT2D eigenvalue weighted by molar-refractivity contribution is 6.18. The average Bonchev–Trinajstić information content (AvgIpc) is 2.29. The molecule has 2 N–H and O–H groups in total. The molecule has 4 nitrogen and oxygen atoms in total. The topological polar surface area (TPSA) is 58.6 Å². The summed E-state index contributed by atoms with van der Waals surface area (Å²) in [5.41, 5.74) is -0.297. The number of carbonyl (C=O) groups excluding carboxylic acids is 1. The standard InChI is InChI=1S/C7H14ClNO.C5H10O2/c8-5-7(6-10)1-3-9-4-2-7;1-5(2,3)7-4-6/h9-10H,1-6H2;4H,1-3H3. The smallest absolute Gasteiger partial charge is 0.293 e. The zero-order valence-corrected chi connectivity index (χ0v) is 11.7. The maximum Gasteiger partial charge on any atom is 0.293 e. The van der Waals surface area contributed by atoms with Crippen molar-refractivity contribution >= 4 is 18.1 Å². The number of hydrogen-bond acceptors (Lipinski definition) is 4. The average molecular weight is 266 g/mol. The van der Waals surface area contributed by atoms with Gasteiger partial charge in [-0.2, -0.15) is 0 Å². The summed E-state index contributed by atoms with van der Waals surface area (Å²) in [6, 6.07) is 0. The first kappa shape index (κ1) is 16.7. The van der Waals surface area contributed by atoms with Crippen molar-refractivity contribution in [2.24, 2.45) is 5.41 Å². The first-order chi connectivity index (χ1) is 7.89. The highest BCUT2D eigenvalue weighted by atomic mass is 35.5. The highest BCUT2D eigenvalue weighted by Crippen LogP contribution is 2.28. The monoisotopic (exact) mass is 265 g/mol. The van der Waals surface area contributed by atoms with Crippen LogP contribution in [0.2, 0.25) is 0 Å². The molecule has 1 rings (SSSR count). The van der Waals surface area contributed by atoms with Crippen molar-refractivity contribution < 1.29 is 14.6 Å². The Bertz CT molecular complexity index is 204. The van der Waals surface area contributed by atoms with Crippen LogP contribution in [0.3, 0.4) is 0 Å². The van der Waals surface area contributed by atoms with E-state index in [0.29, 0.717) is 12.4 Å². The number of carbonyl (C=O) groups is 1.